The van der Waals surface area contributed by atoms with Crippen LogP contribution in [0, 0.1) is 10.1 Å². The van der Waals surface area contributed by atoms with Gasteiger partial charge in [0.15, 0.2) is 0 Å². The largest absolute Gasteiger partial charge is 0.455 e. The lowest BCUT2D eigenvalue weighted by Gasteiger charge is -2.11. The topological polar surface area (TPSA) is 52.4 Å². The molecule has 0 N–H and O–H groups in total. The number of hydrogen-bond acceptors (Lipinski definition) is 3. The summed E-state index contributed by atoms with van der Waals surface area (Å²) in [6, 6.07) is 9.43. The first kappa shape index (κ1) is 15.1. The fourth-order valence-electron chi connectivity index (χ4n) is 1.56. The molecular weight excluding hydrogens is 369 g/mol. The molecule has 0 aliphatic heterocycles. The van der Waals surface area contributed by atoms with E-state index >= 15 is 0 Å². The van der Waals surface area contributed by atoms with Crippen LogP contribution in [0.3, 0.4) is 0 Å². The monoisotopic (exact) mass is 375 g/mol. The highest BCUT2D eigenvalue weighted by atomic mass is 79.9. The highest BCUT2D eigenvalue weighted by Gasteiger charge is 2.13. The molecule has 2 aromatic rings. The van der Waals surface area contributed by atoms with Gasteiger partial charge in [-0.3, -0.25) is 10.1 Å². The second kappa shape index (κ2) is 6.43. The Morgan fingerprint density at radius 3 is 2.60 bits per heavy atom. The molecule has 0 aliphatic carbocycles. The van der Waals surface area contributed by atoms with E-state index in [1.807, 2.05) is 0 Å². The predicted molar refractivity (Wildman–Crippen MR) is 81.9 cm³/mol. The van der Waals surface area contributed by atoms with E-state index in [9.17, 15) is 10.1 Å². The van der Waals surface area contributed by atoms with Crippen LogP contribution in [-0.4, -0.2) is 4.92 Å². The van der Waals surface area contributed by atoms with Crippen molar-refractivity contribution in [1.82, 2.24) is 0 Å². The van der Waals surface area contributed by atoms with Crippen molar-refractivity contribution >= 4 is 44.8 Å². The molecule has 0 aromatic heterocycles. The van der Waals surface area contributed by atoms with Gasteiger partial charge in [0.2, 0.25) is 0 Å². The number of rotatable bonds is 4. The zero-order chi connectivity index (χ0) is 14.7. The molecule has 0 bridgehead atoms. The van der Waals surface area contributed by atoms with E-state index in [1.54, 1.807) is 18.2 Å². The molecule has 0 heterocycles. The van der Waals surface area contributed by atoms with Crippen molar-refractivity contribution in [3.63, 3.8) is 0 Å². The Morgan fingerprint density at radius 1 is 1.20 bits per heavy atom. The van der Waals surface area contributed by atoms with Gasteiger partial charge in [-0.15, -0.1) is 11.6 Å². The zero-order valence-electron chi connectivity index (χ0n) is 9.98. The Bertz CT molecular complexity index is 664. The molecule has 0 radical (unpaired) electrons. The lowest BCUT2D eigenvalue weighted by Crippen LogP contribution is -1.94. The first-order valence-corrected chi connectivity index (χ1v) is 7.18. The van der Waals surface area contributed by atoms with E-state index in [1.165, 1.54) is 18.2 Å². The first-order chi connectivity index (χ1) is 9.51. The molecule has 0 fully saturated rings. The van der Waals surface area contributed by atoms with E-state index < -0.39 is 4.92 Å². The molecule has 0 saturated carbocycles. The number of non-ortho nitro benzene ring substituents is 1. The Balaban J connectivity index is 2.38. The first-order valence-electron chi connectivity index (χ1n) is 5.47. The van der Waals surface area contributed by atoms with Crippen LogP contribution < -0.4 is 4.74 Å². The molecule has 104 valence electrons. The third-order valence-corrected chi connectivity index (χ3v) is 3.61. The molecule has 20 heavy (non-hydrogen) atoms. The van der Waals surface area contributed by atoms with Crippen LogP contribution in [0.5, 0.6) is 11.5 Å². The number of nitro benzene ring substituents is 1. The van der Waals surface area contributed by atoms with Gasteiger partial charge in [-0.25, -0.2) is 0 Å². The number of benzene rings is 2. The Morgan fingerprint density at radius 2 is 1.95 bits per heavy atom. The predicted octanol–water partition coefficient (Wildman–Crippen LogP) is 5.54. The molecule has 0 atom stereocenters. The maximum absolute atomic E-state index is 10.7. The van der Waals surface area contributed by atoms with E-state index in [-0.39, 0.29) is 11.6 Å². The number of ether oxygens (including phenoxy) is 1. The van der Waals surface area contributed by atoms with Gasteiger partial charge in [0.25, 0.3) is 5.69 Å². The smallest absolute Gasteiger partial charge is 0.270 e. The average Bonchev–Trinajstić information content (AvgIpc) is 2.43. The summed E-state index contributed by atoms with van der Waals surface area (Å²) in [7, 11) is 0. The normalized spacial score (nSPS) is 10.3. The Kier molecular flexibility index (Phi) is 4.86. The van der Waals surface area contributed by atoms with E-state index in [0.29, 0.717) is 22.1 Å². The molecule has 0 saturated heterocycles. The van der Waals surface area contributed by atoms with Crippen molar-refractivity contribution in [2.75, 3.05) is 0 Å². The second-order valence-electron chi connectivity index (χ2n) is 3.86. The van der Waals surface area contributed by atoms with Crippen molar-refractivity contribution in [3.05, 3.63) is 61.6 Å². The number of nitrogens with zero attached hydrogens (tertiary/aromatic N) is 1. The number of nitro groups is 1. The maximum atomic E-state index is 10.7. The Labute approximate surface area is 133 Å². The molecule has 4 nitrogen and oxygen atoms in total. The number of halogens is 3. The number of alkyl halides is 1. The quantitative estimate of drug-likeness (QED) is 0.399. The summed E-state index contributed by atoms with van der Waals surface area (Å²) in [5.74, 6) is 0.981. The summed E-state index contributed by atoms with van der Waals surface area (Å²) in [6.07, 6.45) is 0. The van der Waals surface area contributed by atoms with E-state index in [0.717, 1.165) is 4.47 Å². The summed E-state index contributed by atoms with van der Waals surface area (Å²) in [5, 5.41) is 11.2. The van der Waals surface area contributed by atoms with Crippen molar-refractivity contribution in [3.8, 4) is 11.5 Å². The highest BCUT2D eigenvalue weighted by molar-refractivity contribution is 9.10. The zero-order valence-corrected chi connectivity index (χ0v) is 13.1. The van der Waals surface area contributed by atoms with Crippen LogP contribution >= 0.6 is 39.1 Å². The summed E-state index contributed by atoms with van der Waals surface area (Å²) in [4.78, 5) is 10.3. The van der Waals surface area contributed by atoms with Crippen molar-refractivity contribution < 1.29 is 9.66 Å². The van der Waals surface area contributed by atoms with Gasteiger partial charge < -0.3 is 4.74 Å². The van der Waals surface area contributed by atoms with Gasteiger partial charge in [-0.2, -0.15) is 0 Å². The molecular formula is C13H8BrCl2NO3. The van der Waals surface area contributed by atoms with Crippen LogP contribution in [0.1, 0.15) is 5.56 Å². The standard InChI is InChI=1S/C13H8BrCl2NO3/c14-9-1-3-11(16)13(6-9)20-12-4-2-10(17(18)19)5-8(12)7-15/h1-6H,7H2. The summed E-state index contributed by atoms with van der Waals surface area (Å²) < 4.78 is 6.49. The van der Waals surface area contributed by atoms with Crippen LogP contribution in [0.2, 0.25) is 5.02 Å². The van der Waals surface area contributed by atoms with Gasteiger partial charge in [0, 0.05) is 22.2 Å². The van der Waals surface area contributed by atoms with Gasteiger partial charge in [-0.05, 0) is 24.3 Å². The molecule has 2 aromatic carbocycles. The van der Waals surface area contributed by atoms with Crippen molar-refractivity contribution in [2.24, 2.45) is 0 Å². The SMILES string of the molecule is O=[N+]([O-])c1ccc(Oc2cc(Br)ccc2Cl)c(CCl)c1. The fourth-order valence-corrected chi connectivity index (χ4v) is 2.26. The Hall–Kier alpha value is -1.30. The minimum atomic E-state index is -0.480. The third-order valence-electron chi connectivity index (χ3n) is 2.51. The minimum absolute atomic E-state index is 0.0339. The third kappa shape index (κ3) is 3.42. The minimum Gasteiger partial charge on any atom is -0.455 e. The molecule has 7 heteroatoms. The van der Waals surface area contributed by atoms with Crippen LogP contribution in [0.25, 0.3) is 0 Å². The summed E-state index contributed by atoms with van der Waals surface area (Å²) in [5.41, 5.74) is 0.491. The molecule has 0 amide bonds. The molecule has 0 spiro atoms. The van der Waals surface area contributed by atoms with Crippen LogP contribution in [-0.2, 0) is 5.88 Å². The van der Waals surface area contributed by atoms with Crippen molar-refractivity contribution in [1.29, 1.82) is 0 Å². The van der Waals surface area contributed by atoms with Gasteiger partial charge in [-0.1, -0.05) is 27.5 Å². The average molecular weight is 377 g/mol. The lowest BCUT2D eigenvalue weighted by atomic mass is 10.2. The summed E-state index contributed by atoms with van der Waals surface area (Å²) >= 11 is 15.2. The molecule has 0 aliphatic rings. The van der Waals surface area contributed by atoms with Gasteiger partial charge in [0.1, 0.15) is 11.5 Å². The van der Waals surface area contributed by atoms with Crippen LogP contribution in [0.4, 0.5) is 5.69 Å². The lowest BCUT2D eigenvalue weighted by molar-refractivity contribution is -0.384. The number of hydrogen-bond donors (Lipinski definition) is 0. The van der Waals surface area contributed by atoms with Crippen LogP contribution in [0.15, 0.2) is 40.9 Å². The summed E-state index contributed by atoms with van der Waals surface area (Å²) in [6.45, 7) is 0. The van der Waals surface area contributed by atoms with Crippen molar-refractivity contribution in [2.45, 2.75) is 5.88 Å². The van der Waals surface area contributed by atoms with E-state index in [4.69, 9.17) is 27.9 Å². The molecule has 0 unspecified atom stereocenters. The molecule has 2 rings (SSSR count). The fraction of sp³-hybridized carbons (Fsp3) is 0.0769. The maximum Gasteiger partial charge on any atom is 0.270 e. The van der Waals surface area contributed by atoms with Gasteiger partial charge in [0.05, 0.1) is 15.8 Å². The van der Waals surface area contributed by atoms with Gasteiger partial charge >= 0.3 is 0 Å². The highest BCUT2D eigenvalue weighted by Crippen LogP contribution is 2.35. The van der Waals surface area contributed by atoms with E-state index in [2.05, 4.69) is 15.9 Å². The second-order valence-corrected chi connectivity index (χ2v) is 5.45.